The van der Waals surface area contributed by atoms with E-state index in [0.717, 1.165) is 25.2 Å². The summed E-state index contributed by atoms with van der Waals surface area (Å²) in [6, 6.07) is 0. The number of hydrogen-bond donors (Lipinski definition) is 2. The molecule has 0 aliphatic rings. The monoisotopic (exact) mass is 264 g/mol. The van der Waals surface area contributed by atoms with Crippen LogP contribution in [0.15, 0.2) is 0 Å². The first-order valence-corrected chi connectivity index (χ1v) is 6.96. The molecule has 0 aromatic carbocycles. The van der Waals surface area contributed by atoms with E-state index in [1.54, 1.807) is 0 Å². The summed E-state index contributed by atoms with van der Waals surface area (Å²) < 4.78 is 15.9. The third kappa shape index (κ3) is 15.7. The maximum atomic E-state index is 6.98. The second-order valence-corrected chi connectivity index (χ2v) is 4.54. The van der Waals surface area contributed by atoms with Gasteiger partial charge in [-0.1, -0.05) is 25.1 Å². The Balaban J connectivity index is 2.91. The normalized spacial score (nSPS) is 10.6. The van der Waals surface area contributed by atoms with Gasteiger partial charge in [-0.2, -0.15) is 0 Å². The second-order valence-electron chi connectivity index (χ2n) is 3.40. The molecule has 0 bridgehead atoms. The van der Waals surface area contributed by atoms with Crippen LogP contribution in [-0.2, 0) is 14.2 Å². The van der Waals surface area contributed by atoms with E-state index in [2.05, 4.69) is 6.92 Å². The minimum absolute atomic E-state index is 0.133. The predicted molar refractivity (Wildman–Crippen MR) is 71.7 cm³/mol. The Morgan fingerprint density at radius 2 is 1.53 bits per heavy atom. The van der Waals surface area contributed by atoms with Gasteiger partial charge in [0.15, 0.2) is 5.17 Å². The number of amidine groups is 1. The molecule has 0 aliphatic heterocycles. The van der Waals surface area contributed by atoms with E-state index in [1.165, 1.54) is 11.8 Å². The van der Waals surface area contributed by atoms with Gasteiger partial charge >= 0.3 is 0 Å². The van der Waals surface area contributed by atoms with Crippen LogP contribution < -0.4 is 5.73 Å². The van der Waals surface area contributed by atoms with Gasteiger partial charge in [0.05, 0.1) is 33.0 Å². The molecule has 0 radical (unpaired) electrons. The van der Waals surface area contributed by atoms with E-state index < -0.39 is 0 Å². The molecule has 0 aromatic rings. The number of nitrogens with one attached hydrogen (secondary N) is 1. The average Bonchev–Trinajstić information content (AvgIpc) is 2.30. The molecule has 0 atom stereocenters. The molecule has 0 spiro atoms. The minimum Gasteiger partial charge on any atom is -0.379 e. The van der Waals surface area contributed by atoms with Crippen LogP contribution in [0.25, 0.3) is 0 Å². The lowest BCUT2D eigenvalue weighted by Crippen LogP contribution is -2.12. The highest BCUT2D eigenvalue weighted by molar-refractivity contribution is 8.13. The zero-order valence-corrected chi connectivity index (χ0v) is 11.4. The molecule has 0 heterocycles. The van der Waals surface area contributed by atoms with E-state index in [-0.39, 0.29) is 5.17 Å². The molecule has 0 rings (SSSR count). The number of ether oxygens (including phenoxy) is 3. The lowest BCUT2D eigenvalue weighted by molar-refractivity contribution is 0.0169. The van der Waals surface area contributed by atoms with Crippen LogP contribution in [0.2, 0.25) is 0 Å². The fraction of sp³-hybridized carbons (Fsp3) is 0.909. The van der Waals surface area contributed by atoms with Crippen molar-refractivity contribution in [2.24, 2.45) is 5.73 Å². The number of nitrogens with two attached hydrogens (primary N) is 1. The second kappa shape index (κ2) is 13.8. The van der Waals surface area contributed by atoms with Crippen molar-refractivity contribution >= 4 is 16.9 Å². The Bertz CT molecular complexity index is 182. The molecular weight excluding hydrogens is 240 g/mol. The number of hydrogen-bond acceptors (Lipinski definition) is 5. The van der Waals surface area contributed by atoms with Gasteiger partial charge in [0.2, 0.25) is 0 Å². The number of unbranched alkanes of at least 4 members (excludes halogenated alkanes) is 1. The lowest BCUT2D eigenvalue weighted by atomic mass is 10.4. The zero-order valence-electron chi connectivity index (χ0n) is 10.6. The van der Waals surface area contributed by atoms with Gasteiger partial charge in [-0.15, -0.1) is 0 Å². The summed E-state index contributed by atoms with van der Waals surface area (Å²) in [6.07, 6.45) is 2.27. The fourth-order valence-corrected chi connectivity index (χ4v) is 1.42. The van der Waals surface area contributed by atoms with Crippen molar-refractivity contribution in [2.45, 2.75) is 19.8 Å². The van der Waals surface area contributed by atoms with Crippen LogP contribution in [0.1, 0.15) is 19.8 Å². The molecule has 5 nitrogen and oxygen atoms in total. The molecule has 0 amide bonds. The molecule has 6 heteroatoms. The smallest absolute Gasteiger partial charge is 0.151 e. The fourth-order valence-electron chi connectivity index (χ4n) is 0.999. The highest BCUT2D eigenvalue weighted by atomic mass is 32.2. The molecule has 17 heavy (non-hydrogen) atoms. The molecule has 0 fully saturated rings. The first-order valence-electron chi connectivity index (χ1n) is 5.97. The third-order valence-electron chi connectivity index (χ3n) is 1.87. The maximum absolute atomic E-state index is 6.98. The summed E-state index contributed by atoms with van der Waals surface area (Å²) in [5.74, 6) is 0.718. The van der Waals surface area contributed by atoms with Crippen LogP contribution in [-0.4, -0.2) is 50.6 Å². The van der Waals surface area contributed by atoms with Gasteiger partial charge in [0.1, 0.15) is 0 Å². The lowest BCUT2D eigenvalue weighted by Gasteiger charge is -2.06. The first kappa shape index (κ1) is 16.7. The highest BCUT2D eigenvalue weighted by Gasteiger charge is 1.93. The SMILES string of the molecule is CCCCOCCOCCOCCSC(=N)N. The third-order valence-corrected chi connectivity index (χ3v) is 2.55. The minimum atomic E-state index is 0.133. The van der Waals surface area contributed by atoms with Crippen LogP contribution in [0.5, 0.6) is 0 Å². The van der Waals surface area contributed by atoms with Crippen molar-refractivity contribution in [3.05, 3.63) is 0 Å². The summed E-state index contributed by atoms with van der Waals surface area (Å²) in [4.78, 5) is 0. The average molecular weight is 264 g/mol. The van der Waals surface area contributed by atoms with Gasteiger partial charge in [-0.25, -0.2) is 0 Å². The highest BCUT2D eigenvalue weighted by Crippen LogP contribution is 1.96. The summed E-state index contributed by atoms with van der Waals surface area (Å²) >= 11 is 1.29. The van der Waals surface area contributed by atoms with Crippen LogP contribution >= 0.6 is 11.8 Å². The summed E-state index contributed by atoms with van der Waals surface area (Å²) in [5, 5.41) is 7.11. The van der Waals surface area contributed by atoms with E-state index in [0.29, 0.717) is 33.0 Å². The van der Waals surface area contributed by atoms with Gasteiger partial charge in [-0.05, 0) is 6.42 Å². The van der Waals surface area contributed by atoms with Crippen LogP contribution in [0.4, 0.5) is 0 Å². The van der Waals surface area contributed by atoms with E-state index in [9.17, 15) is 0 Å². The summed E-state index contributed by atoms with van der Waals surface area (Å²) in [6.45, 7) is 5.99. The van der Waals surface area contributed by atoms with E-state index in [1.807, 2.05) is 0 Å². The molecule has 0 saturated heterocycles. The van der Waals surface area contributed by atoms with Crippen molar-refractivity contribution in [3.63, 3.8) is 0 Å². The van der Waals surface area contributed by atoms with Crippen molar-refractivity contribution in [3.8, 4) is 0 Å². The molecule has 0 aliphatic carbocycles. The zero-order chi connectivity index (χ0) is 12.8. The number of rotatable bonds is 12. The largest absolute Gasteiger partial charge is 0.379 e. The molecule has 0 saturated carbocycles. The van der Waals surface area contributed by atoms with Gasteiger partial charge in [0.25, 0.3) is 0 Å². The Morgan fingerprint density at radius 1 is 1.00 bits per heavy atom. The molecule has 0 aromatic heterocycles. The quantitative estimate of drug-likeness (QED) is 0.317. The Labute approximate surface area is 108 Å². The van der Waals surface area contributed by atoms with E-state index in [4.69, 9.17) is 25.4 Å². The van der Waals surface area contributed by atoms with Crippen LogP contribution in [0.3, 0.4) is 0 Å². The van der Waals surface area contributed by atoms with Gasteiger partial charge < -0.3 is 19.9 Å². The van der Waals surface area contributed by atoms with Crippen molar-refractivity contribution in [2.75, 3.05) is 45.4 Å². The number of thioether (sulfide) groups is 1. The topological polar surface area (TPSA) is 77.6 Å². The predicted octanol–water partition coefficient (Wildman–Crippen LogP) is 1.46. The molecule has 102 valence electrons. The Hall–Kier alpha value is -0.300. The Kier molecular flexibility index (Phi) is 13.5. The Morgan fingerprint density at radius 3 is 2.06 bits per heavy atom. The molecule has 0 unspecified atom stereocenters. The van der Waals surface area contributed by atoms with Crippen molar-refractivity contribution in [1.29, 1.82) is 5.41 Å². The molecule has 3 N–H and O–H groups in total. The van der Waals surface area contributed by atoms with Crippen molar-refractivity contribution in [1.82, 2.24) is 0 Å². The van der Waals surface area contributed by atoms with Gasteiger partial charge in [0, 0.05) is 12.4 Å². The molecular formula is C11H24N2O3S. The summed E-state index contributed by atoms with van der Waals surface area (Å²) in [5.41, 5.74) is 5.17. The maximum Gasteiger partial charge on any atom is 0.151 e. The van der Waals surface area contributed by atoms with Gasteiger partial charge in [-0.3, -0.25) is 5.41 Å². The van der Waals surface area contributed by atoms with Crippen molar-refractivity contribution < 1.29 is 14.2 Å². The van der Waals surface area contributed by atoms with Crippen LogP contribution in [0, 0.1) is 5.41 Å². The first-order chi connectivity index (χ1) is 8.27. The summed E-state index contributed by atoms with van der Waals surface area (Å²) in [7, 11) is 0. The standard InChI is InChI=1S/C11H24N2O3S/c1-2-3-4-14-5-6-15-7-8-16-9-10-17-11(12)13/h2-10H2,1H3,(H3,12,13). The van der Waals surface area contributed by atoms with E-state index >= 15 is 0 Å².